The summed E-state index contributed by atoms with van der Waals surface area (Å²) in [7, 11) is 0. The predicted molar refractivity (Wildman–Crippen MR) is 120 cm³/mol. The Morgan fingerprint density at radius 1 is 0.812 bits per heavy atom. The molecule has 0 fully saturated rings. The molecule has 0 radical (unpaired) electrons. The van der Waals surface area contributed by atoms with Crippen LogP contribution in [0.4, 0.5) is 11.5 Å². The predicted octanol–water partition coefficient (Wildman–Crippen LogP) is 3.98. The van der Waals surface area contributed by atoms with Crippen molar-refractivity contribution in [3.8, 4) is 0 Å². The quantitative estimate of drug-likeness (QED) is 0.493. The first-order chi connectivity index (χ1) is 15.6. The van der Waals surface area contributed by atoms with E-state index in [0.29, 0.717) is 34.7 Å². The summed E-state index contributed by atoms with van der Waals surface area (Å²) in [5.74, 6) is -0.767. The summed E-state index contributed by atoms with van der Waals surface area (Å²) < 4.78 is 1.74. The number of benzene rings is 3. The zero-order valence-corrected chi connectivity index (χ0v) is 16.9. The normalized spacial score (nSPS) is 12.7. The molecule has 5 rings (SSSR count). The van der Waals surface area contributed by atoms with Crippen LogP contribution in [0.2, 0.25) is 0 Å². The fraction of sp³-hybridized carbons (Fsp3) is 0.0400. The lowest BCUT2D eigenvalue weighted by atomic mass is 10.1. The van der Waals surface area contributed by atoms with Gasteiger partial charge in [0.05, 0.1) is 23.4 Å². The van der Waals surface area contributed by atoms with Crippen LogP contribution in [0.5, 0.6) is 0 Å². The Morgan fingerprint density at radius 2 is 1.50 bits per heavy atom. The van der Waals surface area contributed by atoms with Gasteiger partial charge in [-0.25, -0.2) is 4.90 Å². The summed E-state index contributed by atoms with van der Waals surface area (Å²) in [6.45, 7) is 0.589. The first-order valence-corrected chi connectivity index (χ1v) is 10.1. The van der Waals surface area contributed by atoms with Gasteiger partial charge in [-0.1, -0.05) is 48.5 Å². The van der Waals surface area contributed by atoms with Gasteiger partial charge in [-0.3, -0.25) is 19.1 Å². The van der Waals surface area contributed by atoms with Gasteiger partial charge in [0, 0.05) is 17.8 Å². The molecule has 0 bridgehead atoms. The van der Waals surface area contributed by atoms with Crippen molar-refractivity contribution in [1.29, 1.82) is 0 Å². The number of hydrogen-bond acceptors (Lipinski definition) is 4. The number of nitrogens with one attached hydrogen (secondary N) is 1. The zero-order chi connectivity index (χ0) is 22.1. The SMILES string of the molecule is O=C(Nc1ccn(Cc2ccccc2)n1)c1cccc(N2C(=O)c3ccccc3C2=O)c1. The summed E-state index contributed by atoms with van der Waals surface area (Å²) in [5.41, 5.74) is 2.48. The largest absolute Gasteiger partial charge is 0.305 e. The standard InChI is InChI=1S/C25H18N4O3/c30-23(26-22-13-14-28(27-22)16-17-7-2-1-3-8-17)18-9-6-10-19(15-18)29-24(31)20-11-4-5-12-21(20)25(29)32/h1-15H,16H2,(H,26,27,30). The van der Waals surface area contributed by atoms with Crippen LogP contribution in [0, 0.1) is 0 Å². The van der Waals surface area contributed by atoms with E-state index in [1.54, 1.807) is 59.4 Å². The lowest BCUT2D eigenvalue weighted by Crippen LogP contribution is -2.29. The van der Waals surface area contributed by atoms with Crippen LogP contribution < -0.4 is 10.2 Å². The van der Waals surface area contributed by atoms with E-state index in [4.69, 9.17) is 0 Å². The topological polar surface area (TPSA) is 84.3 Å². The van der Waals surface area contributed by atoms with Crippen molar-refractivity contribution in [2.45, 2.75) is 6.54 Å². The van der Waals surface area contributed by atoms with E-state index in [1.165, 1.54) is 6.07 Å². The summed E-state index contributed by atoms with van der Waals surface area (Å²) >= 11 is 0. The van der Waals surface area contributed by atoms with Crippen molar-refractivity contribution in [3.63, 3.8) is 0 Å². The van der Waals surface area contributed by atoms with Crippen molar-refractivity contribution >= 4 is 29.2 Å². The molecule has 3 aromatic carbocycles. The molecule has 156 valence electrons. The number of anilines is 2. The van der Waals surface area contributed by atoms with Crippen LogP contribution in [0.3, 0.4) is 0 Å². The molecule has 0 unspecified atom stereocenters. The molecule has 1 N–H and O–H groups in total. The van der Waals surface area contributed by atoms with Gasteiger partial charge in [-0.2, -0.15) is 5.10 Å². The van der Waals surface area contributed by atoms with E-state index in [-0.39, 0.29) is 5.91 Å². The number of imide groups is 1. The van der Waals surface area contributed by atoms with Gasteiger partial charge in [0.2, 0.25) is 0 Å². The highest BCUT2D eigenvalue weighted by molar-refractivity contribution is 6.34. The Labute approximate surface area is 183 Å². The highest BCUT2D eigenvalue weighted by Crippen LogP contribution is 2.28. The van der Waals surface area contributed by atoms with Crippen LogP contribution in [0.15, 0.2) is 91.1 Å². The number of amides is 3. The van der Waals surface area contributed by atoms with Crippen molar-refractivity contribution < 1.29 is 14.4 Å². The molecule has 1 aliphatic heterocycles. The first kappa shape index (κ1) is 19.4. The van der Waals surface area contributed by atoms with Gasteiger partial charge in [0.25, 0.3) is 17.7 Å². The molecule has 0 saturated carbocycles. The number of aromatic nitrogens is 2. The van der Waals surface area contributed by atoms with Gasteiger partial charge >= 0.3 is 0 Å². The third kappa shape index (κ3) is 3.56. The van der Waals surface area contributed by atoms with E-state index in [0.717, 1.165) is 10.5 Å². The second kappa shape index (κ2) is 7.96. The van der Waals surface area contributed by atoms with Crippen molar-refractivity contribution in [1.82, 2.24) is 9.78 Å². The average molecular weight is 422 g/mol. The second-order valence-electron chi connectivity index (χ2n) is 7.38. The molecule has 0 aliphatic carbocycles. The van der Waals surface area contributed by atoms with E-state index in [1.807, 2.05) is 30.3 Å². The Kier molecular flexibility index (Phi) is 4.84. The average Bonchev–Trinajstić information content (AvgIpc) is 3.36. The number of nitrogens with zero attached hydrogens (tertiary/aromatic N) is 3. The zero-order valence-electron chi connectivity index (χ0n) is 16.9. The molecule has 0 saturated heterocycles. The van der Waals surface area contributed by atoms with Crippen LogP contribution in [0.25, 0.3) is 0 Å². The first-order valence-electron chi connectivity index (χ1n) is 10.1. The number of hydrogen-bond donors (Lipinski definition) is 1. The van der Waals surface area contributed by atoms with Gasteiger partial charge in [0.15, 0.2) is 5.82 Å². The Hall–Kier alpha value is -4.52. The van der Waals surface area contributed by atoms with Crippen LogP contribution in [-0.2, 0) is 6.54 Å². The molecule has 32 heavy (non-hydrogen) atoms. The highest BCUT2D eigenvalue weighted by atomic mass is 16.2. The highest BCUT2D eigenvalue weighted by Gasteiger charge is 2.36. The molecular weight excluding hydrogens is 404 g/mol. The molecule has 0 atom stereocenters. The molecule has 0 spiro atoms. The molecule has 3 amide bonds. The fourth-order valence-corrected chi connectivity index (χ4v) is 3.69. The molecule has 1 aliphatic rings. The van der Waals surface area contributed by atoms with E-state index < -0.39 is 11.8 Å². The second-order valence-corrected chi connectivity index (χ2v) is 7.38. The molecule has 4 aromatic rings. The Morgan fingerprint density at radius 3 is 2.22 bits per heavy atom. The van der Waals surface area contributed by atoms with Crippen LogP contribution in [0.1, 0.15) is 36.6 Å². The molecule has 1 aromatic heterocycles. The lowest BCUT2D eigenvalue weighted by Gasteiger charge is -2.14. The smallest absolute Gasteiger partial charge is 0.266 e. The summed E-state index contributed by atoms with van der Waals surface area (Å²) in [6.07, 6.45) is 1.79. The molecule has 7 nitrogen and oxygen atoms in total. The lowest BCUT2D eigenvalue weighted by molar-refractivity contribution is 0.0924. The maximum atomic E-state index is 12.8. The summed E-state index contributed by atoms with van der Waals surface area (Å²) in [4.78, 5) is 39.3. The minimum atomic E-state index is -0.400. The maximum Gasteiger partial charge on any atom is 0.266 e. The molecule has 7 heteroatoms. The van der Waals surface area contributed by atoms with Gasteiger partial charge in [-0.05, 0) is 35.9 Å². The van der Waals surface area contributed by atoms with Crippen molar-refractivity contribution in [2.75, 3.05) is 10.2 Å². The minimum Gasteiger partial charge on any atom is -0.305 e. The van der Waals surface area contributed by atoms with Crippen molar-refractivity contribution in [3.05, 3.63) is 113 Å². The Balaban J connectivity index is 1.33. The van der Waals surface area contributed by atoms with Crippen molar-refractivity contribution in [2.24, 2.45) is 0 Å². The van der Waals surface area contributed by atoms with Gasteiger partial charge < -0.3 is 5.32 Å². The van der Waals surface area contributed by atoms with E-state index in [9.17, 15) is 14.4 Å². The molecule has 2 heterocycles. The number of fused-ring (bicyclic) bond motifs is 1. The van der Waals surface area contributed by atoms with Crippen LogP contribution >= 0.6 is 0 Å². The number of carbonyl (C=O) groups is 3. The van der Waals surface area contributed by atoms with Crippen LogP contribution in [-0.4, -0.2) is 27.5 Å². The summed E-state index contributed by atoms with van der Waals surface area (Å²) in [6, 6.07) is 24.7. The number of rotatable bonds is 5. The van der Waals surface area contributed by atoms with Gasteiger partial charge in [0.1, 0.15) is 0 Å². The minimum absolute atomic E-state index is 0.316. The number of carbonyl (C=O) groups excluding carboxylic acids is 3. The Bertz CT molecular complexity index is 1310. The van der Waals surface area contributed by atoms with E-state index >= 15 is 0 Å². The third-order valence-corrected chi connectivity index (χ3v) is 5.23. The summed E-state index contributed by atoms with van der Waals surface area (Å²) in [5, 5.41) is 7.15. The molecular formula is C25H18N4O3. The maximum absolute atomic E-state index is 12.8. The van der Waals surface area contributed by atoms with Gasteiger partial charge in [-0.15, -0.1) is 0 Å². The third-order valence-electron chi connectivity index (χ3n) is 5.23. The monoisotopic (exact) mass is 422 g/mol. The van der Waals surface area contributed by atoms with E-state index in [2.05, 4.69) is 10.4 Å². The fourth-order valence-electron chi connectivity index (χ4n) is 3.69.